The van der Waals surface area contributed by atoms with Gasteiger partial charge in [0.05, 0.1) is 23.0 Å². The molecule has 1 heterocycles. The maximum Gasteiger partial charge on any atom is 0.263 e. The molecule has 0 fully saturated rings. The molecular weight excluding hydrogens is 471 g/mol. The van der Waals surface area contributed by atoms with Crippen LogP contribution < -0.4 is 10.9 Å². The zero-order valence-electron chi connectivity index (χ0n) is 17.5. The van der Waals surface area contributed by atoms with E-state index in [1.807, 2.05) is 37.3 Å². The van der Waals surface area contributed by atoms with E-state index in [2.05, 4.69) is 21.2 Å². The van der Waals surface area contributed by atoms with E-state index in [0.717, 1.165) is 5.56 Å². The number of nitrogens with one attached hydrogen (secondary N) is 1. The van der Waals surface area contributed by atoms with Gasteiger partial charge >= 0.3 is 0 Å². The van der Waals surface area contributed by atoms with Gasteiger partial charge in [-0.15, -0.1) is 0 Å². The summed E-state index contributed by atoms with van der Waals surface area (Å²) in [6.45, 7) is 2.01. The van der Waals surface area contributed by atoms with E-state index in [0.29, 0.717) is 34.1 Å². The van der Waals surface area contributed by atoms with E-state index >= 15 is 0 Å². The summed E-state index contributed by atoms with van der Waals surface area (Å²) in [6.07, 6.45) is 0.709. The molecule has 1 N–H and O–H groups in total. The largest absolute Gasteiger partial charge is 0.345 e. The van der Waals surface area contributed by atoms with Crippen molar-refractivity contribution in [2.24, 2.45) is 0 Å². The number of alkyl halides is 1. The third-order valence-electron chi connectivity index (χ3n) is 5.52. The molecule has 4 nitrogen and oxygen atoms in total. The highest BCUT2D eigenvalue weighted by Gasteiger charge is 2.24. The Morgan fingerprint density at radius 3 is 2.34 bits per heavy atom. The summed E-state index contributed by atoms with van der Waals surface area (Å²) < 4.78 is 15.4. The molecule has 0 aliphatic carbocycles. The molecule has 0 saturated heterocycles. The second-order valence-electron chi connectivity index (χ2n) is 7.47. The van der Waals surface area contributed by atoms with Crippen molar-refractivity contribution in [1.82, 2.24) is 9.88 Å². The zero-order chi connectivity index (χ0) is 22.7. The van der Waals surface area contributed by atoms with Crippen LogP contribution in [0.4, 0.5) is 4.39 Å². The van der Waals surface area contributed by atoms with Gasteiger partial charge in [-0.2, -0.15) is 0 Å². The van der Waals surface area contributed by atoms with E-state index < -0.39 is 5.82 Å². The van der Waals surface area contributed by atoms with Crippen molar-refractivity contribution in [3.05, 3.63) is 112 Å². The van der Waals surface area contributed by atoms with Crippen LogP contribution in [0.3, 0.4) is 0 Å². The van der Waals surface area contributed by atoms with E-state index in [1.165, 1.54) is 16.7 Å². The van der Waals surface area contributed by atoms with E-state index in [-0.39, 0.29) is 22.8 Å². The van der Waals surface area contributed by atoms with Gasteiger partial charge in [-0.05, 0) is 36.2 Å². The Morgan fingerprint density at radius 1 is 1.00 bits per heavy atom. The molecule has 32 heavy (non-hydrogen) atoms. The molecule has 4 rings (SSSR count). The van der Waals surface area contributed by atoms with Crippen molar-refractivity contribution in [3.63, 3.8) is 0 Å². The number of aromatic nitrogens is 1. The number of rotatable bonds is 6. The van der Waals surface area contributed by atoms with Crippen LogP contribution >= 0.6 is 15.9 Å². The lowest BCUT2D eigenvalue weighted by Gasteiger charge is -2.22. The van der Waals surface area contributed by atoms with Crippen molar-refractivity contribution < 1.29 is 9.18 Å². The van der Waals surface area contributed by atoms with E-state index in [9.17, 15) is 14.0 Å². The molecule has 0 aliphatic heterocycles. The molecule has 0 spiro atoms. The minimum Gasteiger partial charge on any atom is -0.345 e. The number of hydrogen-bond acceptors (Lipinski definition) is 2. The lowest BCUT2D eigenvalue weighted by molar-refractivity contribution is 0.0936. The summed E-state index contributed by atoms with van der Waals surface area (Å²) in [5.74, 6) is -0.735. The minimum atomic E-state index is -0.454. The maximum atomic E-state index is 14.0. The fraction of sp³-hybridized carbons (Fsp3) is 0.154. The highest BCUT2D eigenvalue weighted by molar-refractivity contribution is 9.08. The van der Waals surface area contributed by atoms with Crippen molar-refractivity contribution >= 4 is 32.6 Å². The normalized spacial score (nSPS) is 12.0. The second-order valence-corrected chi connectivity index (χ2v) is 8.03. The van der Waals surface area contributed by atoms with Crippen LogP contribution in [0.25, 0.3) is 16.5 Å². The average molecular weight is 493 g/mol. The second kappa shape index (κ2) is 9.49. The first kappa shape index (κ1) is 22.0. The molecule has 0 radical (unpaired) electrons. The molecule has 0 saturated carbocycles. The van der Waals surface area contributed by atoms with Gasteiger partial charge in [-0.1, -0.05) is 77.5 Å². The predicted octanol–water partition coefficient (Wildman–Crippen LogP) is 5.91. The lowest BCUT2D eigenvalue weighted by Crippen LogP contribution is -2.32. The fourth-order valence-corrected chi connectivity index (χ4v) is 4.53. The Hall–Kier alpha value is -3.25. The molecule has 3 aromatic carbocycles. The summed E-state index contributed by atoms with van der Waals surface area (Å²) >= 11 is 3.46. The standard InChI is InChI=1S/C26H22BrFN2O2/c1-2-22(17-9-4-3-5-10-17)29-25(31)24-20-13-6-7-14-21(20)26(32)30(23(24)16-27)19-12-8-11-18(28)15-19/h3-15,22H,2,16H2,1H3,(H,29,31)/t22-/m0/s1. The topological polar surface area (TPSA) is 51.1 Å². The molecule has 0 bridgehead atoms. The van der Waals surface area contributed by atoms with Gasteiger partial charge in [-0.25, -0.2) is 4.39 Å². The van der Waals surface area contributed by atoms with E-state index in [1.54, 1.807) is 36.4 Å². The minimum absolute atomic E-state index is 0.180. The maximum absolute atomic E-state index is 14.0. The highest BCUT2D eigenvalue weighted by Crippen LogP contribution is 2.26. The number of carbonyl (C=O) groups excluding carboxylic acids is 1. The van der Waals surface area contributed by atoms with Crippen molar-refractivity contribution in [2.45, 2.75) is 24.7 Å². The Kier molecular flexibility index (Phi) is 6.51. The number of hydrogen-bond donors (Lipinski definition) is 1. The number of benzene rings is 3. The van der Waals surface area contributed by atoms with Crippen molar-refractivity contribution in [3.8, 4) is 5.69 Å². The predicted molar refractivity (Wildman–Crippen MR) is 129 cm³/mol. The number of amides is 1. The first-order chi connectivity index (χ1) is 15.5. The monoisotopic (exact) mass is 492 g/mol. The van der Waals surface area contributed by atoms with Crippen LogP contribution in [0.15, 0.2) is 83.7 Å². The van der Waals surface area contributed by atoms with Crippen LogP contribution in [0.5, 0.6) is 0 Å². The van der Waals surface area contributed by atoms with Crippen molar-refractivity contribution in [1.29, 1.82) is 0 Å². The number of carbonyl (C=O) groups is 1. The molecule has 1 atom stereocenters. The SMILES string of the molecule is CC[C@H](NC(=O)c1c(CBr)n(-c2cccc(F)c2)c(=O)c2ccccc12)c1ccccc1. The van der Waals surface area contributed by atoms with Crippen LogP contribution in [-0.4, -0.2) is 10.5 Å². The lowest BCUT2D eigenvalue weighted by atomic mass is 10.0. The molecule has 6 heteroatoms. The number of nitrogens with zero attached hydrogens (tertiary/aromatic N) is 1. The summed E-state index contributed by atoms with van der Waals surface area (Å²) in [6, 6.07) is 22.4. The van der Waals surface area contributed by atoms with Gasteiger partial charge in [0.25, 0.3) is 11.5 Å². The summed E-state index contributed by atoms with van der Waals surface area (Å²) in [7, 11) is 0. The molecule has 0 aliphatic rings. The van der Waals surface area contributed by atoms with Gasteiger partial charge in [-0.3, -0.25) is 14.2 Å². The first-order valence-corrected chi connectivity index (χ1v) is 11.5. The Balaban J connectivity index is 1.93. The molecule has 0 unspecified atom stereocenters. The number of fused-ring (bicyclic) bond motifs is 1. The third-order valence-corrected chi connectivity index (χ3v) is 6.06. The van der Waals surface area contributed by atoms with Gasteiger partial charge in [0, 0.05) is 16.1 Å². The third kappa shape index (κ3) is 4.10. The van der Waals surface area contributed by atoms with Crippen LogP contribution in [0, 0.1) is 5.82 Å². The number of halogens is 2. The highest BCUT2D eigenvalue weighted by atomic mass is 79.9. The Bertz CT molecular complexity index is 1330. The molecule has 1 amide bonds. The van der Waals surface area contributed by atoms with Gasteiger partial charge in [0.1, 0.15) is 5.82 Å². The number of pyridine rings is 1. The van der Waals surface area contributed by atoms with Crippen LogP contribution in [-0.2, 0) is 5.33 Å². The molecule has 162 valence electrons. The van der Waals surface area contributed by atoms with E-state index in [4.69, 9.17) is 0 Å². The fourth-order valence-electron chi connectivity index (χ4n) is 4.00. The average Bonchev–Trinajstić information content (AvgIpc) is 2.82. The van der Waals surface area contributed by atoms with Gasteiger partial charge in [0.15, 0.2) is 0 Å². The molecule has 4 aromatic rings. The summed E-state index contributed by atoms with van der Waals surface area (Å²) in [4.78, 5) is 27.0. The van der Waals surface area contributed by atoms with Crippen LogP contribution in [0.2, 0.25) is 0 Å². The molecule has 1 aromatic heterocycles. The Morgan fingerprint density at radius 2 is 1.69 bits per heavy atom. The summed E-state index contributed by atoms with van der Waals surface area (Å²) in [5.41, 5.74) is 1.95. The quantitative estimate of drug-likeness (QED) is 0.340. The first-order valence-electron chi connectivity index (χ1n) is 10.4. The van der Waals surface area contributed by atoms with Gasteiger partial charge < -0.3 is 5.32 Å². The van der Waals surface area contributed by atoms with Crippen LogP contribution in [0.1, 0.15) is 41.0 Å². The summed E-state index contributed by atoms with van der Waals surface area (Å²) in [5, 5.41) is 4.34. The molecular formula is C26H22BrFN2O2. The smallest absolute Gasteiger partial charge is 0.263 e. The van der Waals surface area contributed by atoms with Crippen molar-refractivity contribution in [2.75, 3.05) is 0 Å². The van der Waals surface area contributed by atoms with Gasteiger partial charge in [0.2, 0.25) is 0 Å². The zero-order valence-corrected chi connectivity index (χ0v) is 19.1. The Labute approximate surface area is 193 Å².